The highest BCUT2D eigenvalue weighted by Gasteiger charge is 2.46. The first-order chi connectivity index (χ1) is 15.2. The predicted octanol–water partition coefficient (Wildman–Crippen LogP) is 3.57. The number of rotatable bonds is 3. The zero-order valence-corrected chi connectivity index (χ0v) is 17.1. The van der Waals surface area contributed by atoms with Gasteiger partial charge in [0.05, 0.1) is 22.5 Å². The van der Waals surface area contributed by atoms with Crippen LogP contribution in [0.3, 0.4) is 0 Å². The summed E-state index contributed by atoms with van der Waals surface area (Å²) in [6.07, 6.45) is 7.14. The first-order valence-electron chi connectivity index (χ1n) is 10.8. The largest absolute Gasteiger partial charge is 0.423 e. The summed E-state index contributed by atoms with van der Waals surface area (Å²) in [4.78, 5) is 21.8. The summed E-state index contributed by atoms with van der Waals surface area (Å²) >= 11 is 0. The fourth-order valence-corrected chi connectivity index (χ4v) is 5.49. The normalized spacial score (nSPS) is 25.2. The quantitative estimate of drug-likeness (QED) is 0.657. The number of hydrogen-bond acceptors (Lipinski definition) is 6. The van der Waals surface area contributed by atoms with Crippen LogP contribution in [0.2, 0.25) is 0 Å². The van der Waals surface area contributed by atoms with E-state index >= 15 is 0 Å². The maximum absolute atomic E-state index is 12.3. The third-order valence-electron chi connectivity index (χ3n) is 6.99. The second kappa shape index (κ2) is 7.07. The Kier molecular flexibility index (Phi) is 4.18. The van der Waals surface area contributed by atoms with Crippen LogP contribution in [0, 0.1) is 11.3 Å². The molecular formula is C25H22N4O2. The minimum atomic E-state index is -0.316. The molecule has 2 fully saturated rings. The van der Waals surface area contributed by atoms with Gasteiger partial charge in [0.15, 0.2) is 0 Å². The number of fused-ring (bicyclic) bond motifs is 3. The maximum Gasteiger partial charge on any atom is 0.345 e. The second-order valence-electron chi connectivity index (χ2n) is 8.68. The molecule has 2 saturated heterocycles. The van der Waals surface area contributed by atoms with Crippen molar-refractivity contribution in [2.75, 3.05) is 18.0 Å². The zero-order valence-electron chi connectivity index (χ0n) is 17.1. The number of likely N-dealkylation sites (tertiary alicyclic amines) is 1. The average molecular weight is 410 g/mol. The van der Waals surface area contributed by atoms with Crippen molar-refractivity contribution in [2.45, 2.75) is 37.4 Å². The van der Waals surface area contributed by atoms with Gasteiger partial charge in [0.2, 0.25) is 0 Å². The topological polar surface area (TPSA) is 73.4 Å². The lowest BCUT2D eigenvalue weighted by atomic mass is 10.1. The lowest BCUT2D eigenvalue weighted by Crippen LogP contribution is -2.49. The molecule has 2 bridgehead atoms. The van der Waals surface area contributed by atoms with E-state index in [9.17, 15) is 4.79 Å². The van der Waals surface area contributed by atoms with Crippen LogP contribution >= 0.6 is 0 Å². The Morgan fingerprint density at radius 3 is 2.77 bits per heavy atom. The Bertz CT molecular complexity index is 1290. The molecule has 0 unspecified atom stereocenters. The summed E-state index contributed by atoms with van der Waals surface area (Å²) < 4.78 is 5.63. The van der Waals surface area contributed by atoms with Gasteiger partial charge in [-0.2, -0.15) is 5.26 Å². The molecule has 1 aliphatic carbocycles. The van der Waals surface area contributed by atoms with Crippen molar-refractivity contribution in [3.63, 3.8) is 0 Å². The van der Waals surface area contributed by atoms with Gasteiger partial charge in [0.25, 0.3) is 0 Å². The van der Waals surface area contributed by atoms with Gasteiger partial charge in [0.1, 0.15) is 5.76 Å². The standard InChI is InChI=1S/C25H22N4O2/c26-13-16-3-6-18(7-4-16)28-14-21-11-20(28)15-29(21)19-8-5-17(10-19)24-12-23-22(25(30)31-24)2-1-9-27-23/h1-4,6-7,9-10,12,19-21H,5,8,11,14-15H2/t19-,20-,21-/m0/s1. The maximum atomic E-state index is 12.3. The summed E-state index contributed by atoms with van der Waals surface area (Å²) in [6.45, 7) is 2.06. The van der Waals surface area contributed by atoms with Crippen LogP contribution in [0.25, 0.3) is 16.5 Å². The van der Waals surface area contributed by atoms with Crippen LogP contribution in [-0.4, -0.2) is 41.1 Å². The lowest BCUT2D eigenvalue weighted by Gasteiger charge is -2.38. The number of pyridine rings is 1. The number of piperazine rings is 1. The number of nitrogens with zero attached hydrogens (tertiary/aromatic N) is 4. The molecule has 0 radical (unpaired) electrons. The third kappa shape index (κ3) is 3.05. The van der Waals surface area contributed by atoms with Crippen molar-refractivity contribution in [2.24, 2.45) is 0 Å². The number of allylic oxidation sites excluding steroid dienone is 1. The molecule has 6 nitrogen and oxygen atoms in total. The summed E-state index contributed by atoms with van der Waals surface area (Å²) in [5.41, 5.74) is 3.40. The molecule has 2 aromatic heterocycles. The van der Waals surface area contributed by atoms with Crippen molar-refractivity contribution < 1.29 is 4.42 Å². The van der Waals surface area contributed by atoms with Gasteiger partial charge in [-0.1, -0.05) is 6.08 Å². The summed E-state index contributed by atoms with van der Waals surface area (Å²) in [5, 5.41) is 9.55. The van der Waals surface area contributed by atoms with Crippen molar-refractivity contribution in [3.8, 4) is 6.07 Å². The molecule has 6 rings (SSSR count). The van der Waals surface area contributed by atoms with Crippen LogP contribution in [-0.2, 0) is 0 Å². The number of aromatic nitrogens is 1. The lowest BCUT2D eigenvalue weighted by molar-refractivity contribution is 0.196. The number of nitriles is 1. The summed E-state index contributed by atoms with van der Waals surface area (Å²) in [6, 6.07) is 17.0. The smallest absolute Gasteiger partial charge is 0.345 e. The SMILES string of the molecule is N#Cc1ccc(N2C[C@@H]3C[C@H]2CN3[C@@H]2C=C(c3cc4ncccc4c(=O)o3)CC2)cc1. The van der Waals surface area contributed by atoms with E-state index in [1.165, 1.54) is 12.1 Å². The molecule has 3 aromatic rings. The Morgan fingerprint density at radius 1 is 1.13 bits per heavy atom. The molecule has 3 atom stereocenters. The Balaban J connectivity index is 1.20. The first kappa shape index (κ1) is 18.3. The molecule has 154 valence electrons. The highest BCUT2D eigenvalue weighted by Crippen LogP contribution is 2.40. The molecule has 2 aliphatic heterocycles. The summed E-state index contributed by atoms with van der Waals surface area (Å²) in [5.74, 6) is 0.655. The Labute approximate surface area is 180 Å². The minimum absolute atomic E-state index is 0.316. The molecule has 6 heteroatoms. The Morgan fingerprint density at radius 2 is 2.00 bits per heavy atom. The number of hydrogen-bond donors (Lipinski definition) is 0. The molecular weight excluding hydrogens is 388 g/mol. The van der Waals surface area contributed by atoms with E-state index in [2.05, 4.69) is 39.1 Å². The number of benzene rings is 1. The molecule has 1 aromatic carbocycles. The van der Waals surface area contributed by atoms with E-state index in [1.54, 1.807) is 18.3 Å². The molecule has 0 N–H and O–H groups in total. The van der Waals surface area contributed by atoms with Gasteiger partial charge in [-0.05, 0) is 61.2 Å². The third-order valence-corrected chi connectivity index (χ3v) is 6.99. The number of anilines is 1. The fourth-order valence-electron chi connectivity index (χ4n) is 5.49. The van der Waals surface area contributed by atoms with Crippen LogP contribution in [0.15, 0.2) is 63.9 Å². The van der Waals surface area contributed by atoms with Gasteiger partial charge in [0, 0.05) is 49.2 Å². The van der Waals surface area contributed by atoms with Crippen molar-refractivity contribution in [1.82, 2.24) is 9.88 Å². The molecule has 0 amide bonds. The van der Waals surface area contributed by atoms with Crippen LogP contribution < -0.4 is 10.5 Å². The monoisotopic (exact) mass is 410 g/mol. The second-order valence-corrected chi connectivity index (χ2v) is 8.68. The van der Waals surface area contributed by atoms with E-state index in [0.717, 1.165) is 31.5 Å². The molecule has 0 spiro atoms. The van der Waals surface area contributed by atoms with E-state index < -0.39 is 0 Å². The minimum Gasteiger partial charge on any atom is -0.423 e. The van der Waals surface area contributed by atoms with Crippen molar-refractivity contribution in [1.29, 1.82) is 5.26 Å². The van der Waals surface area contributed by atoms with Crippen molar-refractivity contribution in [3.05, 3.63) is 76.5 Å². The predicted molar refractivity (Wildman–Crippen MR) is 119 cm³/mol. The molecule has 4 heterocycles. The average Bonchev–Trinajstić information content (AvgIpc) is 3.55. The highest BCUT2D eigenvalue weighted by molar-refractivity contribution is 5.80. The van der Waals surface area contributed by atoms with E-state index in [4.69, 9.17) is 9.68 Å². The fraction of sp³-hybridized carbons (Fsp3) is 0.320. The van der Waals surface area contributed by atoms with Gasteiger partial charge in [-0.3, -0.25) is 9.88 Å². The van der Waals surface area contributed by atoms with Crippen molar-refractivity contribution >= 4 is 22.2 Å². The van der Waals surface area contributed by atoms with Crippen LogP contribution in [0.4, 0.5) is 5.69 Å². The van der Waals surface area contributed by atoms with E-state index in [0.29, 0.717) is 40.4 Å². The van der Waals surface area contributed by atoms with Gasteiger partial charge in [-0.25, -0.2) is 4.79 Å². The van der Waals surface area contributed by atoms with Gasteiger partial charge >= 0.3 is 5.63 Å². The summed E-state index contributed by atoms with van der Waals surface area (Å²) in [7, 11) is 0. The highest BCUT2D eigenvalue weighted by atomic mass is 16.4. The first-order valence-corrected chi connectivity index (χ1v) is 10.8. The molecule has 31 heavy (non-hydrogen) atoms. The van der Waals surface area contributed by atoms with Crippen LogP contribution in [0.1, 0.15) is 30.6 Å². The Hall–Kier alpha value is -3.43. The molecule has 0 saturated carbocycles. The van der Waals surface area contributed by atoms with Gasteiger partial charge < -0.3 is 9.32 Å². The van der Waals surface area contributed by atoms with E-state index in [-0.39, 0.29) is 5.63 Å². The zero-order chi connectivity index (χ0) is 20.9. The van der Waals surface area contributed by atoms with Gasteiger partial charge in [-0.15, -0.1) is 0 Å². The van der Waals surface area contributed by atoms with Crippen LogP contribution in [0.5, 0.6) is 0 Å². The molecule has 3 aliphatic rings. The van der Waals surface area contributed by atoms with E-state index in [1.807, 2.05) is 18.2 Å².